The molecule has 31 nitrogen and oxygen atoms in total. The summed E-state index contributed by atoms with van der Waals surface area (Å²) in [6.07, 6.45) is -58.2. The molecule has 67 heavy (non-hydrogen) atoms. The van der Waals surface area contributed by atoms with Gasteiger partial charge in [0.15, 0.2) is 37.7 Å². The Morgan fingerprint density at radius 3 is 1.00 bits per heavy atom. The second-order valence-corrected chi connectivity index (χ2v) is 16.8. The van der Waals surface area contributed by atoms with Crippen molar-refractivity contribution >= 4 is 0 Å². The molecule has 0 aromatic heterocycles. The van der Waals surface area contributed by atoms with Gasteiger partial charge in [0.1, 0.15) is 146 Å². The van der Waals surface area contributed by atoms with Crippen LogP contribution in [0.15, 0.2) is 0 Å². The highest BCUT2D eigenvalue weighted by Crippen LogP contribution is 2.36. The van der Waals surface area contributed by atoms with Crippen molar-refractivity contribution in [2.75, 3.05) is 39.6 Å². The van der Waals surface area contributed by atoms with E-state index in [0.29, 0.717) is 0 Å². The minimum absolute atomic E-state index is 0.853. The second-order valence-electron chi connectivity index (χ2n) is 16.8. The van der Waals surface area contributed by atoms with Crippen LogP contribution in [0.25, 0.3) is 0 Å². The Labute approximate surface area is 378 Å². The Bertz CT molecular complexity index is 1510. The van der Waals surface area contributed by atoms with Gasteiger partial charge in [0.05, 0.1) is 39.6 Å². The number of rotatable bonds is 16. The van der Waals surface area contributed by atoms with Gasteiger partial charge in [-0.15, -0.1) is 0 Å². The normalized spacial score (nSPS) is 53.4. The topological polar surface area (TPSA) is 506 Å². The summed E-state index contributed by atoms with van der Waals surface area (Å²) in [6.45, 7) is -5.57. The van der Waals surface area contributed by atoms with Crippen molar-refractivity contribution < 1.29 is 154 Å². The highest BCUT2D eigenvalue weighted by molar-refractivity contribution is 4.99. The number of aliphatic hydroxyl groups is 20. The average Bonchev–Trinajstić information content (AvgIpc) is 3.31. The van der Waals surface area contributed by atoms with E-state index in [1.807, 2.05) is 0 Å². The SMILES string of the molecule is OC[C@H]1O[C@H](O[C@@H]2[C@H](O)[C@@H](OC[C@H]3O[C@H](O)[C@@H](O)[C@@H](O[C@H]4O[C@H](CO)[C@@H](O)[C@H](O)[C@@H]4O[C@H]4O[C@H](CO)[C@@H](O)[C@H](O)[C@@H]4O[C@H]4O[C@H](CO)[C@@H](O)[C@H](O)[C@@H]4O)[C@@H]3O)O[C@H](CO)[C@H]2O)[C@@H](O)[C@@H](O)[C@@H]1O. The molecule has 0 bridgehead atoms. The molecule has 20 N–H and O–H groups in total. The quantitative estimate of drug-likeness (QED) is 0.0683. The summed E-state index contributed by atoms with van der Waals surface area (Å²) in [5.74, 6) is 0. The third kappa shape index (κ3) is 11.4. The predicted octanol–water partition coefficient (Wildman–Crippen LogP) is -14.1. The van der Waals surface area contributed by atoms with Crippen molar-refractivity contribution in [3.05, 3.63) is 0 Å². The van der Waals surface area contributed by atoms with Crippen LogP contribution in [-0.4, -0.2) is 326 Å². The molecule has 6 aliphatic heterocycles. The van der Waals surface area contributed by atoms with E-state index in [9.17, 15) is 102 Å². The molecule has 31 heteroatoms. The number of hydrogen-bond acceptors (Lipinski definition) is 31. The zero-order chi connectivity index (χ0) is 49.3. The molecule has 6 heterocycles. The molecule has 0 saturated carbocycles. The van der Waals surface area contributed by atoms with Crippen LogP contribution in [0.2, 0.25) is 0 Å². The molecule has 30 atom stereocenters. The molecule has 6 saturated heterocycles. The van der Waals surface area contributed by atoms with Crippen molar-refractivity contribution in [3.8, 4) is 0 Å². The first-order valence-electron chi connectivity index (χ1n) is 21.1. The Balaban J connectivity index is 1.19. The summed E-state index contributed by atoms with van der Waals surface area (Å²) in [5, 5.41) is 210. The number of ether oxygens (including phenoxy) is 11. The largest absolute Gasteiger partial charge is 0.394 e. The zero-order valence-electron chi connectivity index (χ0n) is 35.0. The summed E-state index contributed by atoms with van der Waals surface area (Å²) < 4.78 is 61.1. The van der Waals surface area contributed by atoms with Crippen LogP contribution < -0.4 is 0 Å². The van der Waals surface area contributed by atoms with Gasteiger partial charge in [-0.25, -0.2) is 0 Å². The third-order valence-electron chi connectivity index (χ3n) is 12.4. The molecule has 0 aliphatic carbocycles. The third-order valence-corrected chi connectivity index (χ3v) is 12.4. The lowest BCUT2D eigenvalue weighted by Crippen LogP contribution is -2.68. The van der Waals surface area contributed by atoms with Crippen LogP contribution in [0.5, 0.6) is 0 Å². The Hall–Kier alpha value is -1.24. The van der Waals surface area contributed by atoms with Crippen LogP contribution in [-0.2, 0) is 52.1 Å². The molecule has 0 amide bonds. The number of hydrogen-bond donors (Lipinski definition) is 20. The Morgan fingerprint density at radius 2 is 0.567 bits per heavy atom. The summed E-state index contributed by atoms with van der Waals surface area (Å²) in [7, 11) is 0. The Morgan fingerprint density at radius 1 is 0.254 bits per heavy atom. The van der Waals surface area contributed by atoms with Gasteiger partial charge in [0.2, 0.25) is 0 Å². The highest BCUT2D eigenvalue weighted by atomic mass is 16.8. The molecule has 6 rings (SSSR count). The maximum absolute atomic E-state index is 11.5. The van der Waals surface area contributed by atoms with Gasteiger partial charge in [0.25, 0.3) is 0 Å². The van der Waals surface area contributed by atoms with Crippen LogP contribution in [0.4, 0.5) is 0 Å². The van der Waals surface area contributed by atoms with E-state index in [2.05, 4.69) is 0 Å². The van der Waals surface area contributed by atoms with E-state index < -0.39 is 224 Å². The summed E-state index contributed by atoms with van der Waals surface area (Å²) in [5.41, 5.74) is 0. The molecule has 0 spiro atoms. The van der Waals surface area contributed by atoms with Gasteiger partial charge in [-0.2, -0.15) is 0 Å². The van der Waals surface area contributed by atoms with Gasteiger partial charge in [-0.1, -0.05) is 0 Å². The lowest BCUT2D eigenvalue weighted by Gasteiger charge is -2.49. The zero-order valence-corrected chi connectivity index (χ0v) is 35.0. The molecule has 6 fully saturated rings. The molecule has 0 aromatic carbocycles. The summed E-state index contributed by atoms with van der Waals surface area (Å²) in [4.78, 5) is 0. The van der Waals surface area contributed by atoms with E-state index in [1.165, 1.54) is 0 Å². The minimum Gasteiger partial charge on any atom is -0.394 e. The smallest absolute Gasteiger partial charge is 0.187 e. The standard InChI is InChI=1S/C36H62O31/c37-1-7-13(42)19(48)23(52)33(60-7)64-28-17(46)11(5-41)59-32(26(28)55)57-6-12-18(47)27(25(54)31(56)58-12)65-35-30(22(51)16(45)9(3-39)62-35)67-36-29(21(50)15(44)10(4-40)63-36)66-34-24(53)20(49)14(43)8(2-38)61-34/h7-56H,1-6H2/t7-,8-,9-,10-,11-,12-,13-,14-,15-,16-,17-,18-,19+,20+,21+,22+,23+,24+,25+,26+,27+,28+,29+,30+,31+,32+,33-,34-,35-,36-/m1/s1. The van der Waals surface area contributed by atoms with Crippen LogP contribution in [0.3, 0.4) is 0 Å². The monoisotopic (exact) mass is 990 g/mol. The van der Waals surface area contributed by atoms with E-state index >= 15 is 0 Å². The first-order valence-corrected chi connectivity index (χ1v) is 21.1. The van der Waals surface area contributed by atoms with E-state index in [4.69, 9.17) is 52.1 Å². The fraction of sp³-hybridized carbons (Fsp3) is 1.00. The van der Waals surface area contributed by atoms with Gasteiger partial charge >= 0.3 is 0 Å². The lowest BCUT2D eigenvalue weighted by molar-refractivity contribution is -0.403. The van der Waals surface area contributed by atoms with Gasteiger partial charge in [0, 0.05) is 0 Å². The van der Waals surface area contributed by atoms with E-state index in [0.717, 1.165) is 0 Å². The predicted molar refractivity (Wildman–Crippen MR) is 199 cm³/mol. The molecule has 0 unspecified atom stereocenters. The molecule has 0 radical (unpaired) electrons. The molecular formula is C36H62O31. The first-order chi connectivity index (χ1) is 31.7. The van der Waals surface area contributed by atoms with Crippen LogP contribution in [0, 0.1) is 0 Å². The fourth-order valence-electron chi connectivity index (χ4n) is 8.36. The van der Waals surface area contributed by atoms with Crippen molar-refractivity contribution in [3.63, 3.8) is 0 Å². The fourth-order valence-corrected chi connectivity index (χ4v) is 8.36. The summed E-state index contributed by atoms with van der Waals surface area (Å²) >= 11 is 0. The molecule has 0 aromatic rings. The van der Waals surface area contributed by atoms with Gasteiger partial charge in [-0.3, -0.25) is 0 Å². The van der Waals surface area contributed by atoms with Crippen molar-refractivity contribution in [1.29, 1.82) is 0 Å². The lowest BCUT2D eigenvalue weighted by atomic mass is 9.95. The summed E-state index contributed by atoms with van der Waals surface area (Å²) in [6, 6.07) is 0. The molecular weight excluding hydrogens is 928 g/mol. The average molecular weight is 991 g/mol. The van der Waals surface area contributed by atoms with E-state index in [1.54, 1.807) is 0 Å². The van der Waals surface area contributed by atoms with Crippen LogP contribution >= 0.6 is 0 Å². The Kier molecular flexibility index (Phi) is 19.4. The van der Waals surface area contributed by atoms with Gasteiger partial charge in [-0.05, 0) is 0 Å². The van der Waals surface area contributed by atoms with Crippen molar-refractivity contribution in [2.45, 2.75) is 184 Å². The second kappa shape index (κ2) is 23.5. The van der Waals surface area contributed by atoms with Crippen molar-refractivity contribution in [1.82, 2.24) is 0 Å². The first kappa shape index (κ1) is 55.1. The molecule has 6 aliphatic rings. The van der Waals surface area contributed by atoms with Crippen LogP contribution in [0.1, 0.15) is 0 Å². The highest BCUT2D eigenvalue weighted by Gasteiger charge is 2.57. The van der Waals surface area contributed by atoms with Gasteiger partial charge < -0.3 is 154 Å². The maximum Gasteiger partial charge on any atom is 0.187 e. The molecule has 392 valence electrons. The van der Waals surface area contributed by atoms with Crippen molar-refractivity contribution in [2.24, 2.45) is 0 Å². The number of aliphatic hydroxyl groups excluding tert-OH is 20. The van der Waals surface area contributed by atoms with E-state index in [-0.39, 0.29) is 0 Å². The maximum atomic E-state index is 11.5. The minimum atomic E-state index is -2.24.